The number of aryl methyl sites for hydroxylation is 1. The van der Waals surface area contributed by atoms with Crippen LogP contribution in [0.3, 0.4) is 0 Å². The van der Waals surface area contributed by atoms with Gasteiger partial charge >= 0.3 is 5.97 Å². The zero-order valence-corrected chi connectivity index (χ0v) is 8.63. The number of esters is 1. The van der Waals surface area contributed by atoms with E-state index >= 15 is 0 Å². The third-order valence-electron chi connectivity index (χ3n) is 1.47. The lowest BCUT2D eigenvalue weighted by Gasteiger charge is -1.99. The molecule has 13 heavy (non-hydrogen) atoms. The zero-order chi connectivity index (χ0) is 10.0. The highest BCUT2D eigenvalue weighted by Crippen LogP contribution is 2.26. The van der Waals surface area contributed by atoms with Crippen molar-refractivity contribution >= 4 is 29.2 Å². The largest absolute Gasteiger partial charge is 0.465 e. The van der Waals surface area contributed by atoms with E-state index in [-0.39, 0.29) is 0 Å². The summed E-state index contributed by atoms with van der Waals surface area (Å²) in [7, 11) is 2.96. The summed E-state index contributed by atoms with van der Waals surface area (Å²) >= 11 is 11.2. The lowest BCUT2D eigenvalue weighted by Crippen LogP contribution is -2.03. The van der Waals surface area contributed by atoms with Crippen LogP contribution >= 0.6 is 23.2 Å². The molecule has 6 heteroatoms. The van der Waals surface area contributed by atoms with E-state index in [4.69, 9.17) is 23.2 Å². The molecule has 0 N–H and O–H groups in total. The summed E-state index contributed by atoms with van der Waals surface area (Å²) in [6.07, 6.45) is 1.51. The molecule has 0 aliphatic rings. The number of hydrogen-bond donors (Lipinski definition) is 0. The number of rotatable bonds is 2. The SMILES string of the molecule is COC(=O)c1cn(C)nc1C(Cl)Cl. The number of ether oxygens (including phenoxy) is 1. The molecule has 0 bridgehead atoms. The molecule has 0 atom stereocenters. The molecule has 4 nitrogen and oxygen atoms in total. The van der Waals surface area contributed by atoms with Crippen molar-refractivity contribution in [3.63, 3.8) is 0 Å². The second-order valence-electron chi connectivity index (χ2n) is 2.39. The topological polar surface area (TPSA) is 44.1 Å². The normalized spacial score (nSPS) is 10.5. The van der Waals surface area contributed by atoms with Gasteiger partial charge in [-0.2, -0.15) is 5.10 Å². The summed E-state index contributed by atoms with van der Waals surface area (Å²) in [6.45, 7) is 0. The molecular weight excluding hydrogens is 215 g/mol. The Bertz CT molecular complexity index is 322. The van der Waals surface area contributed by atoms with E-state index in [9.17, 15) is 4.79 Å². The van der Waals surface area contributed by atoms with Crippen LogP contribution in [0.25, 0.3) is 0 Å². The number of carbonyl (C=O) groups is 1. The van der Waals surface area contributed by atoms with Crippen LogP contribution in [0.15, 0.2) is 6.20 Å². The van der Waals surface area contributed by atoms with Gasteiger partial charge in [-0.05, 0) is 0 Å². The van der Waals surface area contributed by atoms with Crippen LogP contribution in [0, 0.1) is 0 Å². The van der Waals surface area contributed by atoms with Crippen molar-refractivity contribution in [3.05, 3.63) is 17.5 Å². The van der Waals surface area contributed by atoms with Gasteiger partial charge < -0.3 is 4.74 Å². The number of alkyl halides is 2. The van der Waals surface area contributed by atoms with Crippen LogP contribution < -0.4 is 0 Å². The van der Waals surface area contributed by atoms with E-state index in [1.54, 1.807) is 7.05 Å². The predicted octanol–water partition coefficient (Wildman–Crippen LogP) is 1.68. The van der Waals surface area contributed by atoms with Crippen LogP contribution in [0.5, 0.6) is 0 Å². The first-order chi connectivity index (χ1) is 6.06. The maximum atomic E-state index is 11.2. The number of halogens is 2. The molecule has 0 saturated heterocycles. The minimum Gasteiger partial charge on any atom is -0.465 e. The Balaban J connectivity index is 3.11. The van der Waals surface area contributed by atoms with Gasteiger partial charge in [0.15, 0.2) is 4.84 Å². The summed E-state index contributed by atoms with van der Waals surface area (Å²) in [5, 5.41) is 3.93. The van der Waals surface area contributed by atoms with Crippen molar-refractivity contribution in [1.82, 2.24) is 9.78 Å². The Hall–Kier alpha value is -0.740. The molecule has 0 aliphatic carbocycles. The fourth-order valence-corrected chi connectivity index (χ4v) is 1.26. The summed E-state index contributed by atoms with van der Waals surface area (Å²) in [5.41, 5.74) is 0.609. The van der Waals surface area contributed by atoms with E-state index in [0.717, 1.165) is 0 Å². The van der Waals surface area contributed by atoms with Gasteiger partial charge in [0.2, 0.25) is 0 Å². The van der Waals surface area contributed by atoms with E-state index < -0.39 is 10.8 Å². The fourth-order valence-electron chi connectivity index (χ4n) is 0.934. The number of carbonyl (C=O) groups excluding carboxylic acids is 1. The van der Waals surface area contributed by atoms with Crippen molar-refractivity contribution in [2.45, 2.75) is 4.84 Å². The Morgan fingerprint density at radius 1 is 1.69 bits per heavy atom. The average molecular weight is 223 g/mol. The number of hydrogen-bond acceptors (Lipinski definition) is 3. The first-order valence-electron chi connectivity index (χ1n) is 3.46. The quantitative estimate of drug-likeness (QED) is 0.565. The molecule has 0 radical (unpaired) electrons. The van der Waals surface area contributed by atoms with Crippen LogP contribution in [-0.4, -0.2) is 22.9 Å². The Kier molecular flexibility index (Phi) is 3.17. The standard InChI is InChI=1S/C7H8Cl2N2O2/c1-11-3-4(7(12)13-2)5(10-11)6(8)9/h3,6H,1-2H3. The smallest absolute Gasteiger partial charge is 0.341 e. The van der Waals surface area contributed by atoms with Crippen LogP contribution in [-0.2, 0) is 11.8 Å². The molecule has 1 aromatic rings. The Morgan fingerprint density at radius 2 is 2.31 bits per heavy atom. The average Bonchev–Trinajstić information content (AvgIpc) is 2.46. The molecule has 0 unspecified atom stereocenters. The van der Waals surface area contributed by atoms with Gasteiger partial charge in [-0.3, -0.25) is 4.68 Å². The lowest BCUT2D eigenvalue weighted by atomic mass is 10.3. The van der Waals surface area contributed by atoms with E-state index in [1.807, 2.05) is 0 Å². The Labute approximate surface area is 85.4 Å². The highest BCUT2D eigenvalue weighted by Gasteiger charge is 2.20. The molecule has 1 aromatic heterocycles. The maximum Gasteiger partial charge on any atom is 0.341 e. The Morgan fingerprint density at radius 3 is 2.77 bits per heavy atom. The molecule has 1 heterocycles. The van der Waals surface area contributed by atoms with Gasteiger partial charge in [-0.1, -0.05) is 23.2 Å². The van der Waals surface area contributed by atoms with Crippen molar-refractivity contribution in [1.29, 1.82) is 0 Å². The first-order valence-corrected chi connectivity index (χ1v) is 4.33. The molecule has 0 amide bonds. The maximum absolute atomic E-state index is 11.2. The summed E-state index contributed by atoms with van der Waals surface area (Å²) in [5.74, 6) is -0.491. The molecular formula is C7H8Cl2N2O2. The van der Waals surface area contributed by atoms with E-state index in [1.165, 1.54) is 18.0 Å². The van der Waals surface area contributed by atoms with Gasteiger partial charge in [0.05, 0.1) is 7.11 Å². The van der Waals surface area contributed by atoms with Gasteiger partial charge in [0.25, 0.3) is 0 Å². The van der Waals surface area contributed by atoms with Crippen LogP contribution in [0.2, 0.25) is 0 Å². The fraction of sp³-hybridized carbons (Fsp3) is 0.429. The van der Waals surface area contributed by atoms with Crippen molar-refractivity contribution in [2.24, 2.45) is 7.05 Å². The highest BCUT2D eigenvalue weighted by atomic mass is 35.5. The first kappa shape index (κ1) is 10.3. The molecule has 0 fully saturated rings. The summed E-state index contributed by atoms with van der Waals surface area (Å²) in [4.78, 5) is 10.3. The zero-order valence-electron chi connectivity index (χ0n) is 7.12. The van der Waals surface area contributed by atoms with Crippen LogP contribution in [0.4, 0.5) is 0 Å². The van der Waals surface area contributed by atoms with E-state index in [2.05, 4.69) is 9.84 Å². The monoisotopic (exact) mass is 222 g/mol. The molecule has 0 aliphatic heterocycles. The van der Waals surface area contributed by atoms with Gasteiger partial charge in [-0.25, -0.2) is 4.79 Å². The molecule has 0 spiro atoms. The molecule has 1 rings (SSSR count). The van der Waals surface area contributed by atoms with Gasteiger partial charge in [-0.15, -0.1) is 0 Å². The lowest BCUT2D eigenvalue weighted by molar-refractivity contribution is 0.0599. The van der Waals surface area contributed by atoms with Gasteiger partial charge in [0, 0.05) is 13.2 Å². The number of nitrogens with zero attached hydrogens (tertiary/aromatic N) is 2. The highest BCUT2D eigenvalue weighted by molar-refractivity contribution is 6.44. The molecule has 0 aromatic carbocycles. The minimum atomic E-state index is -0.824. The number of aromatic nitrogens is 2. The van der Waals surface area contributed by atoms with E-state index in [0.29, 0.717) is 11.3 Å². The van der Waals surface area contributed by atoms with Crippen molar-refractivity contribution < 1.29 is 9.53 Å². The van der Waals surface area contributed by atoms with Gasteiger partial charge in [0.1, 0.15) is 11.3 Å². The van der Waals surface area contributed by atoms with Crippen molar-refractivity contribution in [2.75, 3.05) is 7.11 Å². The summed E-state index contributed by atoms with van der Waals surface area (Å²) in [6, 6.07) is 0. The predicted molar refractivity (Wildman–Crippen MR) is 49.0 cm³/mol. The third-order valence-corrected chi connectivity index (χ3v) is 1.88. The van der Waals surface area contributed by atoms with Crippen molar-refractivity contribution in [3.8, 4) is 0 Å². The summed E-state index contributed by atoms with van der Waals surface area (Å²) < 4.78 is 5.99. The third kappa shape index (κ3) is 2.14. The minimum absolute atomic E-state index is 0.292. The van der Waals surface area contributed by atoms with Crippen LogP contribution in [0.1, 0.15) is 20.9 Å². The molecule has 0 saturated carbocycles. The molecule has 72 valence electrons. The second kappa shape index (κ2) is 3.98. The number of methoxy groups -OCH3 is 1. The second-order valence-corrected chi connectivity index (χ2v) is 3.49.